The van der Waals surface area contributed by atoms with Crippen LogP contribution in [0.4, 0.5) is 5.69 Å². The Bertz CT molecular complexity index is 457. The van der Waals surface area contributed by atoms with Gasteiger partial charge in [-0.25, -0.2) is 13.1 Å². The monoisotopic (exact) mass is 271 g/mol. The van der Waals surface area contributed by atoms with Crippen molar-refractivity contribution >= 4 is 15.7 Å². The number of sulfonamides is 1. The Morgan fingerprint density at radius 1 is 1.28 bits per heavy atom. The maximum atomic E-state index is 11.7. The van der Waals surface area contributed by atoms with Crippen LogP contribution in [-0.4, -0.2) is 27.5 Å². The van der Waals surface area contributed by atoms with Crippen LogP contribution in [0.15, 0.2) is 29.2 Å². The zero-order chi connectivity index (χ0) is 13.6. The molecule has 1 unspecified atom stereocenters. The minimum atomic E-state index is -3.36. The summed E-state index contributed by atoms with van der Waals surface area (Å²) in [7, 11) is -3.36. The number of rotatable bonds is 7. The second-order valence-electron chi connectivity index (χ2n) is 4.15. The van der Waals surface area contributed by atoms with Crippen LogP contribution in [0.1, 0.15) is 20.3 Å². The molecular formula is C12H21N3O2S. The van der Waals surface area contributed by atoms with Crippen molar-refractivity contribution in [2.45, 2.75) is 31.2 Å². The molecular weight excluding hydrogens is 250 g/mol. The molecule has 102 valence electrons. The summed E-state index contributed by atoms with van der Waals surface area (Å²) in [5, 5.41) is 3.26. The minimum absolute atomic E-state index is 0.270. The van der Waals surface area contributed by atoms with Gasteiger partial charge in [0.25, 0.3) is 0 Å². The van der Waals surface area contributed by atoms with Gasteiger partial charge in [-0.2, -0.15) is 0 Å². The van der Waals surface area contributed by atoms with E-state index >= 15 is 0 Å². The Morgan fingerprint density at radius 2 is 1.89 bits per heavy atom. The maximum Gasteiger partial charge on any atom is 0.240 e. The number of nitrogens with two attached hydrogens (primary N) is 1. The van der Waals surface area contributed by atoms with Gasteiger partial charge in [0.15, 0.2) is 0 Å². The molecule has 0 bridgehead atoms. The Kier molecular flexibility index (Phi) is 5.58. The molecule has 0 amide bonds. The zero-order valence-electron chi connectivity index (χ0n) is 10.8. The highest BCUT2D eigenvalue weighted by atomic mass is 32.2. The van der Waals surface area contributed by atoms with Crippen LogP contribution in [0.25, 0.3) is 0 Å². The van der Waals surface area contributed by atoms with Gasteiger partial charge in [0.05, 0.1) is 4.90 Å². The van der Waals surface area contributed by atoms with Crippen LogP contribution in [0.5, 0.6) is 0 Å². The van der Waals surface area contributed by atoms with Crippen molar-refractivity contribution in [3.8, 4) is 0 Å². The quantitative estimate of drug-likeness (QED) is 0.694. The Labute approximate surface area is 109 Å². The lowest BCUT2D eigenvalue weighted by atomic mass is 10.2. The molecule has 0 saturated carbocycles. The standard InChI is InChI=1S/C12H21N3O2S/c1-3-14-18(16,17)12-6-4-11(5-7-12)15-10(2)8-9-13/h4-7,10,14-15H,3,8-9,13H2,1-2H3. The number of benzene rings is 1. The summed E-state index contributed by atoms with van der Waals surface area (Å²) in [6.07, 6.45) is 0.872. The van der Waals surface area contributed by atoms with E-state index in [0.717, 1.165) is 12.1 Å². The fourth-order valence-corrected chi connectivity index (χ4v) is 2.65. The van der Waals surface area contributed by atoms with Gasteiger partial charge in [0.1, 0.15) is 0 Å². The van der Waals surface area contributed by atoms with Crippen LogP contribution < -0.4 is 15.8 Å². The average molecular weight is 271 g/mol. The third-order valence-corrected chi connectivity index (χ3v) is 4.07. The van der Waals surface area contributed by atoms with Crippen LogP contribution >= 0.6 is 0 Å². The fourth-order valence-electron chi connectivity index (χ4n) is 1.61. The van der Waals surface area contributed by atoms with E-state index in [1.165, 1.54) is 0 Å². The lowest BCUT2D eigenvalue weighted by molar-refractivity contribution is 0.584. The smallest absolute Gasteiger partial charge is 0.240 e. The van der Waals surface area contributed by atoms with Crippen molar-refractivity contribution in [2.75, 3.05) is 18.4 Å². The lowest BCUT2D eigenvalue weighted by Crippen LogP contribution is -2.23. The first-order valence-electron chi connectivity index (χ1n) is 6.06. The molecule has 0 aliphatic rings. The first-order chi connectivity index (χ1) is 8.49. The van der Waals surface area contributed by atoms with E-state index in [0.29, 0.717) is 13.1 Å². The number of nitrogens with one attached hydrogen (secondary N) is 2. The maximum absolute atomic E-state index is 11.7. The molecule has 0 radical (unpaired) electrons. The summed E-state index contributed by atoms with van der Waals surface area (Å²) in [6.45, 7) is 4.80. The van der Waals surface area contributed by atoms with Crippen LogP contribution in [0, 0.1) is 0 Å². The Hall–Kier alpha value is -1.11. The second-order valence-corrected chi connectivity index (χ2v) is 5.92. The van der Waals surface area contributed by atoms with Crippen molar-refractivity contribution in [1.29, 1.82) is 0 Å². The molecule has 0 spiro atoms. The third kappa shape index (κ3) is 4.29. The molecule has 0 aromatic heterocycles. The molecule has 1 rings (SSSR count). The predicted octanol–water partition coefficient (Wildman–Crippen LogP) is 1.13. The Morgan fingerprint density at radius 3 is 2.39 bits per heavy atom. The van der Waals surface area contributed by atoms with Gasteiger partial charge in [-0.1, -0.05) is 6.92 Å². The summed E-state index contributed by atoms with van der Waals surface area (Å²) in [6, 6.07) is 6.98. The highest BCUT2D eigenvalue weighted by Gasteiger charge is 2.12. The van der Waals surface area contributed by atoms with Gasteiger partial charge in [0.2, 0.25) is 10.0 Å². The van der Waals surface area contributed by atoms with E-state index in [1.807, 2.05) is 6.92 Å². The van der Waals surface area contributed by atoms with E-state index in [4.69, 9.17) is 5.73 Å². The van der Waals surface area contributed by atoms with E-state index in [-0.39, 0.29) is 10.9 Å². The van der Waals surface area contributed by atoms with Crippen LogP contribution in [-0.2, 0) is 10.0 Å². The van der Waals surface area contributed by atoms with Gasteiger partial charge < -0.3 is 11.1 Å². The van der Waals surface area contributed by atoms with E-state index in [2.05, 4.69) is 10.0 Å². The molecule has 0 aliphatic carbocycles. The summed E-state index contributed by atoms with van der Waals surface area (Å²) >= 11 is 0. The van der Waals surface area contributed by atoms with Gasteiger partial charge in [-0.05, 0) is 44.2 Å². The van der Waals surface area contributed by atoms with Crippen LogP contribution in [0.3, 0.4) is 0 Å². The number of hydrogen-bond donors (Lipinski definition) is 3. The summed E-state index contributed by atoms with van der Waals surface area (Å²) in [5.74, 6) is 0. The molecule has 6 heteroatoms. The summed E-state index contributed by atoms with van der Waals surface area (Å²) < 4.78 is 25.9. The zero-order valence-corrected chi connectivity index (χ0v) is 11.6. The first kappa shape index (κ1) is 14.9. The molecule has 0 aliphatic heterocycles. The average Bonchev–Trinajstić information content (AvgIpc) is 2.30. The Balaban J connectivity index is 2.74. The normalized spacial score (nSPS) is 13.3. The highest BCUT2D eigenvalue weighted by Crippen LogP contribution is 2.15. The molecule has 5 nitrogen and oxygen atoms in total. The first-order valence-corrected chi connectivity index (χ1v) is 7.54. The summed E-state index contributed by atoms with van der Waals surface area (Å²) in [5.41, 5.74) is 6.36. The molecule has 1 aromatic carbocycles. The molecule has 0 saturated heterocycles. The lowest BCUT2D eigenvalue weighted by Gasteiger charge is -2.14. The van der Waals surface area contributed by atoms with E-state index < -0.39 is 10.0 Å². The predicted molar refractivity (Wildman–Crippen MR) is 74.1 cm³/mol. The SMILES string of the molecule is CCNS(=O)(=O)c1ccc(NC(C)CCN)cc1. The van der Waals surface area contributed by atoms with Crippen molar-refractivity contribution in [2.24, 2.45) is 5.73 Å². The molecule has 0 heterocycles. The molecule has 1 atom stereocenters. The largest absolute Gasteiger partial charge is 0.383 e. The van der Waals surface area contributed by atoms with E-state index in [1.54, 1.807) is 31.2 Å². The van der Waals surface area contributed by atoms with Gasteiger partial charge in [-0.15, -0.1) is 0 Å². The fraction of sp³-hybridized carbons (Fsp3) is 0.500. The van der Waals surface area contributed by atoms with Crippen molar-refractivity contribution in [1.82, 2.24) is 4.72 Å². The van der Waals surface area contributed by atoms with Gasteiger partial charge in [0, 0.05) is 18.3 Å². The van der Waals surface area contributed by atoms with Gasteiger partial charge >= 0.3 is 0 Å². The number of hydrogen-bond acceptors (Lipinski definition) is 4. The minimum Gasteiger partial charge on any atom is -0.383 e. The van der Waals surface area contributed by atoms with Crippen molar-refractivity contribution in [3.63, 3.8) is 0 Å². The van der Waals surface area contributed by atoms with E-state index in [9.17, 15) is 8.42 Å². The topological polar surface area (TPSA) is 84.2 Å². The molecule has 1 aromatic rings. The van der Waals surface area contributed by atoms with Gasteiger partial charge in [-0.3, -0.25) is 0 Å². The third-order valence-electron chi connectivity index (χ3n) is 2.51. The molecule has 4 N–H and O–H groups in total. The molecule has 18 heavy (non-hydrogen) atoms. The van der Waals surface area contributed by atoms with Crippen molar-refractivity contribution in [3.05, 3.63) is 24.3 Å². The number of anilines is 1. The highest BCUT2D eigenvalue weighted by molar-refractivity contribution is 7.89. The molecule has 0 fully saturated rings. The second kappa shape index (κ2) is 6.72. The van der Waals surface area contributed by atoms with Crippen LogP contribution in [0.2, 0.25) is 0 Å². The van der Waals surface area contributed by atoms with Crippen molar-refractivity contribution < 1.29 is 8.42 Å². The summed E-state index contributed by atoms with van der Waals surface area (Å²) in [4.78, 5) is 0.279.